The molecule has 0 aromatic heterocycles. The molecule has 0 saturated heterocycles. The normalized spacial score (nSPS) is 13.0. The van der Waals surface area contributed by atoms with Gasteiger partial charge in [0.05, 0.1) is 6.21 Å². The number of nitrogens with zero attached hydrogens (tertiary/aromatic N) is 1. The standard InChI is InChI=1S/C10H10FNO/c1-2-10(11)9-6-4-3-5-8(9)7-12-13/h2-7,10,13H,1H2. The number of rotatable bonds is 3. The molecule has 3 heteroatoms. The minimum atomic E-state index is -1.23. The van der Waals surface area contributed by atoms with Crippen molar-refractivity contribution in [3.05, 3.63) is 48.0 Å². The monoisotopic (exact) mass is 179 g/mol. The summed E-state index contributed by atoms with van der Waals surface area (Å²) in [5, 5.41) is 11.2. The van der Waals surface area contributed by atoms with E-state index in [-0.39, 0.29) is 0 Å². The molecular weight excluding hydrogens is 169 g/mol. The molecule has 0 spiro atoms. The number of benzene rings is 1. The molecule has 13 heavy (non-hydrogen) atoms. The number of allylic oxidation sites excluding steroid dienone is 1. The van der Waals surface area contributed by atoms with Crippen LogP contribution in [0, 0.1) is 0 Å². The predicted octanol–water partition coefficient (Wildman–Crippen LogP) is 2.69. The molecule has 0 aliphatic heterocycles. The third kappa shape index (κ3) is 2.15. The topological polar surface area (TPSA) is 32.6 Å². The highest BCUT2D eigenvalue weighted by Crippen LogP contribution is 2.20. The van der Waals surface area contributed by atoms with E-state index in [1.165, 1.54) is 12.3 Å². The second-order valence-corrected chi connectivity index (χ2v) is 2.51. The smallest absolute Gasteiger partial charge is 0.144 e. The van der Waals surface area contributed by atoms with E-state index in [2.05, 4.69) is 11.7 Å². The van der Waals surface area contributed by atoms with E-state index in [0.717, 1.165) is 0 Å². The maximum atomic E-state index is 13.2. The molecule has 68 valence electrons. The van der Waals surface area contributed by atoms with Gasteiger partial charge in [-0.25, -0.2) is 4.39 Å². The maximum Gasteiger partial charge on any atom is 0.144 e. The van der Waals surface area contributed by atoms with E-state index in [1.54, 1.807) is 24.3 Å². The van der Waals surface area contributed by atoms with Crippen LogP contribution in [0.15, 0.2) is 42.1 Å². The summed E-state index contributed by atoms with van der Waals surface area (Å²) in [7, 11) is 0. The minimum absolute atomic E-state index is 0.454. The molecule has 0 saturated carbocycles. The molecule has 0 amide bonds. The third-order valence-electron chi connectivity index (χ3n) is 1.70. The fraction of sp³-hybridized carbons (Fsp3) is 0.100. The Hall–Kier alpha value is -1.64. The zero-order valence-corrected chi connectivity index (χ0v) is 7.02. The fourth-order valence-corrected chi connectivity index (χ4v) is 1.07. The fourth-order valence-electron chi connectivity index (χ4n) is 1.07. The molecule has 0 aliphatic rings. The highest BCUT2D eigenvalue weighted by molar-refractivity contribution is 5.81. The van der Waals surface area contributed by atoms with Gasteiger partial charge in [0.2, 0.25) is 0 Å². The summed E-state index contributed by atoms with van der Waals surface area (Å²) >= 11 is 0. The predicted molar refractivity (Wildman–Crippen MR) is 49.9 cm³/mol. The van der Waals surface area contributed by atoms with Gasteiger partial charge < -0.3 is 5.21 Å². The lowest BCUT2D eigenvalue weighted by Crippen LogP contribution is -1.94. The first kappa shape index (κ1) is 9.45. The first-order valence-corrected chi connectivity index (χ1v) is 3.82. The molecule has 1 N–H and O–H groups in total. The van der Waals surface area contributed by atoms with Gasteiger partial charge in [0, 0.05) is 5.56 Å². The van der Waals surface area contributed by atoms with E-state index in [0.29, 0.717) is 11.1 Å². The molecule has 0 heterocycles. The van der Waals surface area contributed by atoms with Gasteiger partial charge in [-0.05, 0) is 5.56 Å². The highest BCUT2D eigenvalue weighted by atomic mass is 19.1. The lowest BCUT2D eigenvalue weighted by atomic mass is 10.0. The van der Waals surface area contributed by atoms with E-state index in [4.69, 9.17) is 5.21 Å². The summed E-state index contributed by atoms with van der Waals surface area (Å²) in [5.74, 6) is 0. The Balaban J connectivity index is 3.10. The zero-order valence-electron chi connectivity index (χ0n) is 7.02. The Bertz CT molecular complexity index is 322. The molecule has 0 fully saturated rings. The third-order valence-corrected chi connectivity index (χ3v) is 1.70. The summed E-state index contributed by atoms with van der Waals surface area (Å²) in [6.07, 6.45) is 1.17. The van der Waals surface area contributed by atoms with Crippen LogP contribution in [-0.4, -0.2) is 11.4 Å². The summed E-state index contributed by atoms with van der Waals surface area (Å²) in [5.41, 5.74) is 1.01. The van der Waals surface area contributed by atoms with Crippen molar-refractivity contribution < 1.29 is 9.60 Å². The van der Waals surface area contributed by atoms with Gasteiger partial charge in [-0.2, -0.15) is 0 Å². The Labute approximate surface area is 76.0 Å². The van der Waals surface area contributed by atoms with Crippen molar-refractivity contribution >= 4 is 6.21 Å². The van der Waals surface area contributed by atoms with Gasteiger partial charge in [0.25, 0.3) is 0 Å². The van der Waals surface area contributed by atoms with Crippen LogP contribution in [-0.2, 0) is 0 Å². The van der Waals surface area contributed by atoms with E-state index >= 15 is 0 Å². The quantitative estimate of drug-likeness (QED) is 0.329. The Kier molecular flexibility index (Phi) is 3.20. The van der Waals surface area contributed by atoms with E-state index < -0.39 is 6.17 Å². The van der Waals surface area contributed by atoms with Gasteiger partial charge in [-0.15, -0.1) is 0 Å². The second kappa shape index (κ2) is 4.40. The summed E-state index contributed by atoms with van der Waals surface area (Å²) in [6, 6.07) is 6.77. The zero-order chi connectivity index (χ0) is 9.68. The average Bonchev–Trinajstić information content (AvgIpc) is 2.18. The van der Waals surface area contributed by atoms with Crippen LogP contribution in [0.4, 0.5) is 4.39 Å². The molecule has 0 radical (unpaired) electrons. The largest absolute Gasteiger partial charge is 0.411 e. The Morgan fingerprint density at radius 1 is 1.46 bits per heavy atom. The molecule has 1 atom stereocenters. The molecule has 1 rings (SSSR count). The Morgan fingerprint density at radius 2 is 2.15 bits per heavy atom. The molecule has 0 bridgehead atoms. The van der Waals surface area contributed by atoms with Gasteiger partial charge in [0.1, 0.15) is 6.17 Å². The van der Waals surface area contributed by atoms with Crippen molar-refractivity contribution in [3.63, 3.8) is 0 Å². The van der Waals surface area contributed by atoms with Crippen molar-refractivity contribution in [2.75, 3.05) is 0 Å². The number of halogens is 1. The SMILES string of the molecule is C=CC(F)c1ccccc1C=NO. The van der Waals surface area contributed by atoms with Crippen molar-refractivity contribution in [3.8, 4) is 0 Å². The van der Waals surface area contributed by atoms with Gasteiger partial charge in [-0.3, -0.25) is 0 Å². The van der Waals surface area contributed by atoms with Crippen molar-refractivity contribution in [1.82, 2.24) is 0 Å². The highest BCUT2D eigenvalue weighted by Gasteiger charge is 2.08. The summed E-state index contributed by atoms with van der Waals surface area (Å²) in [6.45, 7) is 3.36. The maximum absolute atomic E-state index is 13.2. The summed E-state index contributed by atoms with van der Waals surface area (Å²) < 4.78 is 13.2. The lowest BCUT2D eigenvalue weighted by molar-refractivity contribution is 0.321. The van der Waals surface area contributed by atoms with Crippen LogP contribution in [0.1, 0.15) is 17.3 Å². The number of oxime groups is 1. The van der Waals surface area contributed by atoms with Crippen molar-refractivity contribution in [2.24, 2.45) is 5.16 Å². The van der Waals surface area contributed by atoms with Gasteiger partial charge in [0.15, 0.2) is 0 Å². The van der Waals surface area contributed by atoms with Crippen LogP contribution >= 0.6 is 0 Å². The first-order chi connectivity index (χ1) is 6.29. The van der Waals surface area contributed by atoms with Crippen LogP contribution in [0.2, 0.25) is 0 Å². The molecule has 1 aromatic carbocycles. The minimum Gasteiger partial charge on any atom is -0.411 e. The first-order valence-electron chi connectivity index (χ1n) is 3.82. The van der Waals surface area contributed by atoms with Gasteiger partial charge >= 0.3 is 0 Å². The number of hydrogen-bond acceptors (Lipinski definition) is 2. The van der Waals surface area contributed by atoms with E-state index in [1.807, 2.05) is 0 Å². The lowest BCUT2D eigenvalue weighted by Gasteiger charge is -2.05. The molecule has 0 aliphatic carbocycles. The van der Waals surface area contributed by atoms with E-state index in [9.17, 15) is 4.39 Å². The van der Waals surface area contributed by atoms with Crippen molar-refractivity contribution in [2.45, 2.75) is 6.17 Å². The molecule has 2 nitrogen and oxygen atoms in total. The molecular formula is C10H10FNO. The number of hydrogen-bond donors (Lipinski definition) is 1. The molecule has 1 aromatic rings. The second-order valence-electron chi connectivity index (χ2n) is 2.51. The Morgan fingerprint density at radius 3 is 2.77 bits per heavy atom. The van der Waals surface area contributed by atoms with Crippen LogP contribution < -0.4 is 0 Å². The van der Waals surface area contributed by atoms with Crippen LogP contribution in [0.3, 0.4) is 0 Å². The van der Waals surface area contributed by atoms with Crippen LogP contribution in [0.25, 0.3) is 0 Å². The number of alkyl halides is 1. The summed E-state index contributed by atoms with van der Waals surface area (Å²) in [4.78, 5) is 0. The van der Waals surface area contributed by atoms with Gasteiger partial charge in [-0.1, -0.05) is 42.1 Å². The average molecular weight is 179 g/mol. The van der Waals surface area contributed by atoms with Crippen molar-refractivity contribution in [1.29, 1.82) is 0 Å². The molecule has 1 unspecified atom stereocenters. The van der Waals surface area contributed by atoms with Crippen LogP contribution in [0.5, 0.6) is 0 Å².